The number of amides is 2. The van der Waals surface area contributed by atoms with Crippen molar-refractivity contribution in [1.82, 2.24) is 10.6 Å². The van der Waals surface area contributed by atoms with Crippen LogP contribution in [0.1, 0.15) is 32.6 Å². The van der Waals surface area contributed by atoms with Gasteiger partial charge in [-0.05, 0) is 12.8 Å². The highest BCUT2D eigenvalue weighted by Crippen LogP contribution is 2.08. The van der Waals surface area contributed by atoms with Crippen LogP contribution < -0.4 is 10.6 Å². The van der Waals surface area contributed by atoms with Gasteiger partial charge < -0.3 is 15.7 Å². The second-order valence-corrected chi connectivity index (χ2v) is 4.23. The van der Waals surface area contributed by atoms with Crippen molar-refractivity contribution < 1.29 is 19.5 Å². The fourth-order valence-corrected chi connectivity index (χ4v) is 1.82. The molecule has 3 N–H and O–H groups in total. The van der Waals surface area contributed by atoms with E-state index >= 15 is 0 Å². The fourth-order valence-electron chi connectivity index (χ4n) is 1.82. The molecule has 2 atom stereocenters. The van der Waals surface area contributed by atoms with Crippen molar-refractivity contribution in [2.24, 2.45) is 5.92 Å². The van der Waals surface area contributed by atoms with Crippen LogP contribution in [-0.4, -0.2) is 35.5 Å². The van der Waals surface area contributed by atoms with Crippen LogP contribution in [0.15, 0.2) is 0 Å². The van der Waals surface area contributed by atoms with Crippen LogP contribution in [0.3, 0.4) is 0 Å². The summed E-state index contributed by atoms with van der Waals surface area (Å²) in [5, 5.41) is 14.0. The number of carboxylic acids is 1. The molecule has 1 saturated heterocycles. The number of nitrogens with one attached hydrogen (secondary N) is 2. The lowest BCUT2D eigenvalue weighted by Crippen LogP contribution is -2.44. The molecule has 96 valence electrons. The van der Waals surface area contributed by atoms with Crippen molar-refractivity contribution in [2.45, 2.75) is 38.6 Å². The second kappa shape index (κ2) is 6.22. The Morgan fingerprint density at radius 1 is 1.59 bits per heavy atom. The first-order chi connectivity index (χ1) is 8.04. The Labute approximate surface area is 99.8 Å². The first-order valence-electron chi connectivity index (χ1n) is 5.84. The topological polar surface area (TPSA) is 95.5 Å². The molecule has 1 aliphatic heterocycles. The summed E-state index contributed by atoms with van der Waals surface area (Å²) >= 11 is 0. The molecule has 0 aromatic carbocycles. The van der Waals surface area contributed by atoms with Crippen LogP contribution in [0.5, 0.6) is 0 Å². The Morgan fingerprint density at radius 3 is 2.76 bits per heavy atom. The lowest BCUT2D eigenvalue weighted by atomic mass is 10.0. The predicted molar refractivity (Wildman–Crippen MR) is 60.2 cm³/mol. The van der Waals surface area contributed by atoms with Crippen molar-refractivity contribution in [1.29, 1.82) is 0 Å². The molecule has 1 heterocycles. The number of rotatable bonds is 6. The molecular weight excluding hydrogens is 224 g/mol. The number of carboxylic acid groups (broad SMARTS) is 1. The quantitative estimate of drug-likeness (QED) is 0.605. The highest BCUT2D eigenvalue weighted by Gasteiger charge is 2.27. The van der Waals surface area contributed by atoms with Crippen molar-refractivity contribution in [2.75, 3.05) is 6.54 Å². The molecule has 0 aromatic rings. The van der Waals surface area contributed by atoms with Crippen molar-refractivity contribution in [3.63, 3.8) is 0 Å². The maximum absolute atomic E-state index is 11.6. The van der Waals surface area contributed by atoms with Gasteiger partial charge in [0.15, 0.2) is 0 Å². The second-order valence-electron chi connectivity index (χ2n) is 4.23. The highest BCUT2D eigenvalue weighted by atomic mass is 16.4. The molecule has 0 aliphatic carbocycles. The highest BCUT2D eigenvalue weighted by molar-refractivity contribution is 5.90. The summed E-state index contributed by atoms with van der Waals surface area (Å²) in [6.07, 6.45) is 2.13. The number of carbonyl (C=O) groups excluding carboxylic acids is 2. The van der Waals surface area contributed by atoms with Gasteiger partial charge in [-0.25, -0.2) is 0 Å². The first kappa shape index (κ1) is 13.5. The van der Waals surface area contributed by atoms with Crippen LogP contribution >= 0.6 is 0 Å². The third-order valence-corrected chi connectivity index (χ3v) is 2.82. The summed E-state index contributed by atoms with van der Waals surface area (Å²) in [7, 11) is 0. The standard InChI is InChI=1S/C11H18N2O4/c1-2-3-7(11(16)17)6-12-10(15)8-4-5-9(14)13-8/h7-8H,2-6H2,1H3,(H,12,15)(H,13,14)(H,16,17). The van der Waals surface area contributed by atoms with Crippen LogP contribution in [0.2, 0.25) is 0 Å². The molecular formula is C11H18N2O4. The van der Waals surface area contributed by atoms with Crippen molar-refractivity contribution in [3.8, 4) is 0 Å². The first-order valence-corrected chi connectivity index (χ1v) is 5.84. The average molecular weight is 242 g/mol. The number of hydrogen-bond acceptors (Lipinski definition) is 3. The fraction of sp³-hybridized carbons (Fsp3) is 0.727. The van der Waals surface area contributed by atoms with Crippen molar-refractivity contribution >= 4 is 17.8 Å². The average Bonchev–Trinajstić information content (AvgIpc) is 2.70. The molecule has 0 aromatic heterocycles. The summed E-state index contributed by atoms with van der Waals surface area (Å²) < 4.78 is 0. The lowest BCUT2D eigenvalue weighted by molar-refractivity contribution is -0.142. The number of carbonyl (C=O) groups is 3. The Morgan fingerprint density at radius 2 is 2.29 bits per heavy atom. The minimum absolute atomic E-state index is 0.119. The molecule has 17 heavy (non-hydrogen) atoms. The zero-order valence-electron chi connectivity index (χ0n) is 9.86. The third-order valence-electron chi connectivity index (χ3n) is 2.82. The van der Waals surface area contributed by atoms with Gasteiger partial charge in [0.05, 0.1) is 5.92 Å². The molecule has 6 heteroatoms. The van der Waals surface area contributed by atoms with Gasteiger partial charge in [-0.2, -0.15) is 0 Å². The van der Waals surface area contributed by atoms with Crippen LogP contribution in [0.4, 0.5) is 0 Å². The molecule has 0 bridgehead atoms. The van der Waals surface area contributed by atoms with E-state index in [1.807, 2.05) is 6.92 Å². The normalized spacial score (nSPS) is 20.8. The van der Waals surface area contributed by atoms with E-state index in [4.69, 9.17) is 5.11 Å². The van der Waals surface area contributed by atoms with Gasteiger partial charge in [0.1, 0.15) is 6.04 Å². The van der Waals surface area contributed by atoms with Gasteiger partial charge in [0, 0.05) is 13.0 Å². The third kappa shape index (κ3) is 4.05. The maximum Gasteiger partial charge on any atom is 0.308 e. The maximum atomic E-state index is 11.6. The van der Waals surface area contributed by atoms with E-state index < -0.39 is 17.9 Å². The molecule has 0 spiro atoms. The lowest BCUT2D eigenvalue weighted by Gasteiger charge is -2.15. The Balaban J connectivity index is 2.35. The minimum atomic E-state index is -0.900. The summed E-state index contributed by atoms with van der Waals surface area (Å²) in [6.45, 7) is 2.02. The van der Waals surface area contributed by atoms with Gasteiger partial charge in [-0.15, -0.1) is 0 Å². The van der Waals surface area contributed by atoms with Gasteiger partial charge in [-0.3, -0.25) is 14.4 Å². The van der Waals surface area contributed by atoms with Crippen molar-refractivity contribution in [3.05, 3.63) is 0 Å². The number of hydrogen-bond donors (Lipinski definition) is 3. The summed E-state index contributed by atoms with van der Waals surface area (Å²) in [5.41, 5.74) is 0. The molecule has 1 rings (SSSR count). The van der Waals surface area contributed by atoms with Gasteiger partial charge in [0.2, 0.25) is 11.8 Å². The molecule has 1 aliphatic rings. The zero-order valence-corrected chi connectivity index (χ0v) is 9.86. The van der Waals surface area contributed by atoms with E-state index in [0.717, 1.165) is 6.42 Å². The Kier molecular flexibility index (Phi) is 4.93. The number of aliphatic carboxylic acids is 1. The van der Waals surface area contributed by atoms with Crippen LogP contribution in [0, 0.1) is 5.92 Å². The minimum Gasteiger partial charge on any atom is -0.481 e. The van der Waals surface area contributed by atoms with Crippen LogP contribution in [-0.2, 0) is 14.4 Å². The van der Waals surface area contributed by atoms with E-state index in [9.17, 15) is 14.4 Å². The molecule has 2 amide bonds. The SMILES string of the molecule is CCCC(CNC(=O)C1CCC(=O)N1)C(=O)O. The zero-order chi connectivity index (χ0) is 12.8. The van der Waals surface area contributed by atoms with Gasteiger partial charge >= 0.3 is 5.97 Å². The largest absolute Gasteiger partial charge is 0.481 e. The molecule has 0 radical (unpaired) electrons. The molecule has 6 nitrogen and oxygen atoms in total. The van der Waals surface area contributed by atoms with E-state index in [1.165, 1.54) is 0 Å². The van der Waals surface area contributed by atoms with E-state index in [1.54, 1.807) is 0 Å². The molecule has 2 unspecified atom stereocenters. The molecule has 0 saturated carbocycles. The van der Waals surface area contributed by atoms with Crippen LogP contribution in [0.25, 0.3) is 0 Å². The smallest absolute Gasteiger partial charge is 0.308 e. The summed E-state index contributed by atoms with van der Waals surface area (Å²) in [6, 6.07) is -0.501. The van der Waals surface area contributed by atoms with E-state index in [-0.39, 0.29) is 18.4 Å². The van der Waals surface area contributed by atoms with E-state index in [2.05, 4.69) is 10.6 Å². The van der Waals surface area contributed by atoms with Gasteiger partial charge in [-0.1, -0.05) is 13.3 Å². The predicted octanol–water partition coefficient (Wildman–Crippen LogP) is -0.118. The van der Waals surface area contributed by atoms with Gasteiger partial charge in [0.25, 0.3) is 0 Å². The Hall–Kier alpha value is -1.59. The van der Waals surface area contributed by atoms with E-state index in [0.29, 0.717) is 19.3 Å². The Bertz CT molecular complexity index is 317. The molecule has 1 fully saturated rings. The summed E-state index contributed by atoms with van der Waals surface area (Å²) in [4.78, 5) is 33.4. The monoisotopic (exact) mass is 242 g/mol. The summed E-state index contributed by atoms with van der Waals surface area (Å²) in [5.74, 6) is -1.88.